The van der Waals surface area contributed by atoms with Crippen molar-refractivity contribution in [1.29, 1.82) is 0 Å². The van der Waals surface area contributed by atoms with Gasteiger partial charge in [-0.05, 0) is 28.1 Å². The van der Waals surface area contributed by atoms with Crippen LogP contribution in [0.3, 0.4) is 0 Å². The number of halogens is 2. The predicted octanol–water partition coefficient (Wildman–Crippen LogP) is 0.112. The van der Waals surface area contributed by atoms with E-state index in [1.165, 1.54) is 6.20 Å². The van der Waals surface area contributed by atoms with Gasteiger partial charge in [-0.2, -0.15) is 0 Å². The zero-order valence-electron chi connectivity index (χ0n) is 16.7. The molecule has 0 spiro atoms. The number of fused-ring (bicyclic) bond motifs is 1. The van der Waals surface area contributed by atoms with Gasteiger partial charge in [-0.25, -0.2) is 4.79 Å². The highest BCUT2D eigenvalue weighted by atomic mass is 79.9. The summed E-state index contributed by atoms with van der Waals surface area (Å²) in [5.74, 6) is -4.75. The normalized spacial score (nSPS) is 27.7. The second-order valence-electron chi connectivity index (χ2n) is 7.42. The van der Waals surface area contributed by atoms with Crippen LogP contribution in [0.4, 0.5) is 0 Å². The van der Waals surface area contributed by atoms with E-state index in [4.69, 9.17) is 21.1 Å². The highest BCUT2D eigenvalue weighted by Crippen LogP contribution is 2.41. The summed E-state index contributed by atoms with van der Waals surface area (Å²) in [6.07, 6.45) is -6.09. The number of rotatable bonds is 7. The van der Waals surface area contributed by atoms with Crippen molar-refractivity contribution >= 4 is 50.3 Å². The number of benzene rings is 1. The SMILES string of the molecule is CC(=O)N[C@H]1[C@@H]([C@H](O)[C@@H](O)CO)O[C@@](Oc2c[nH]c3ccc(Br)c(Cl)c23)(C(=O)O)C[C@H]1O. The molecule has 3 rings (SSSR count). The van der Waals surface area contributed by atoms with Gasteiger partial charge in [0.2, 0.25) is 5.91 Å². The molecule has 6 atom stereocenters. The van der Waals surface area contributed by atoms with Crippen molar-refractivity contribution in [2.45, 2.75) is 49.6 Å². The number of aromatic nitrogens is 1. The van der Waals surface area contributed by atoms with E-state index in [1.807, 2.05) is 0 Å². The molecule has 13 heteroatoms. The molecular weight excluding hydrogens is 516 g/mol. The van der Waals surface area contributed by atoms with Crippen LogP contribution in [0, 0.1) is 0 Å². The molecule has 1 amide bonds. The zero-order valence-corrected chi connectivity index (χ0v) is 19.0. The number of carboxylic acid groups (broad SMARTS) is 1. The molecule has 32 heavy (non-hydrogen) atoms. The minimum Gasteiger partial charge on any atom is -0.476 e. The smallest absolute Gasteiger partial charge is 0.377 e. The van der Waals surface area contributed by atoms with Crippen molar-refractivity contribution in [3.05, 3.63) is 27.8 Å². The molecular formula is C19H22BrClN2O9. The Morgan fingerprint density at radius 2 is 2.12 bits per heavy atom. The Morgan fingerprint density at radius 3 is 2.72 bits per heavy atom. The summed E-state index contributed by atoms with van der Waals surface area (Å²) in [6, 6.07) is 2.07. The van der Waals surface area contributed by atoms with Gasteiger partial charge >= 0.3 is 11.8 Å². The van der Waals surface area contributed by atoms with Crippen LogP contribution >= 0.6 is 27.5 Å². The van der Waals surface area contributed by atoms with Gasteiger partial charge in [-0.1, -0.05) is 11.6 Å². The van der Waals surface area contributed by atoms with Crippen LogP contribution in [-0.4, -0.2) is 85.2 Å². The van der Waals surface area contributed by atoms with Crippen LogP contribution in [0.2, 0.25) is 5.02 Å². The largest absolute Gasteiger partial charge is 0.476 e. The summed E-state index contributed by atoms with van der Waals surface area (Å²) in [7, 11) is 0. The van der Waals surface area contributed by atoms with E-state index >= 15 is 0 Å². The molecule has 2 heterocycles. The fourth-order valence-corrected chi connectivity index (χ4v) is 4.21. The van der Waals surface area contributed by atoms with Crippen molar-refractivity contribution in [1.82, 2.24) is 10.3 Å². The molecule has 1 aromatic heterocycles. The number of carbonyl (C=O) groups is 2. The lowest BCUT2D eigenvalue weighted by Crippen LogP contribution is -2.68. The van der Waals surface area contributed by atoms with Gasteiger partial charge in [0.25, 0.3) is 0 Å². The third-order valence-corrected chi connectivity index (χ3v) is 6.44. The fraction of sp³-hybridized carbons (Fsp3) is 0.474. The topological polar surface area (TPSA) is 182 Å². The Balaban J connectivity index is 2.05. The number of hydrogen-bond donors (Lipinski definition) is 7. The molecule has 11 nitrogen and oxygen atoms in total. The zero-order chi connectivity index (χ0) is 23.8. The number of aliphatic hydroxyl groups is 4. The van der Waals surface area contributed by atoms with Crippen LogP contribution in [0.5, 0.6) is 5.75 Å². The van der Waals surface area contributed by atoms with Crippen LogP contribution in [0.25, 0.3) is 10.9 Å². The lowest BCUT2D eigenvalue weighted by Gasteiger charge is -2.46. The molecule has 1 aliphatic heterocycles. The maximum absolute atomic E-state index is 12.3. The number of hydrogen-bond acceptors (Lipinski definition) is 8. The first-order valence-corrected chi connectivity index (χ1v) is 10.6. The number of ether oxygens (including phenoxy) is 2. The molecule has 0 radical (unpaired) electrons. The molecule has 1 saturated heterocycles. The number of carboxylic acids is 1. The number of carbonyl (C=O) groups excluding carboxylic acids is 1. The average Bonchev–Trinajstić information content (AvgIpc) is 3.14. The molecule has 0 saturated carbocycles. The highest BCUT2D eigenvalue weighted by Gasteiger charge is 2.57. The monoisotopic (exact) mass is 536 g/mol. The second-order valence-corrected chi connectivity index (χ2v) is 8.65. The van der Waals surface area contributed by atoms with Crippen molar-refractivity contribution in [3.8, 4) is 5.75 Å². The number of aromatic amines is 1. The minimum atomic E-state index is -2.52. The summed E-state index contributed by atoms with van der Waals surface area (Å²) in [6.45, 7) is 0.275. The van der Waals surface area contributed by atoms with Crippen LogP contribution < -0.4 is 10.1 Å². The number of nitrogens with one attached hydrogen (secondary N) is 2. The maximum Gasteiger partial charge on any atom is 0.377 e. The molecule has 1 fully saturated rings. The van der Waals surface area contributed by atoms with E-state index < -0.39 is 61.1 Å². The third-order valence-electron chi connectivity index (χ3n) is 5.16. The number of H-pyrrole nitrogens is 1. The maximum atomic E-state index is 12.3. The molecule has 1 aliphatic rings. The molecule has 0 aliphatic carbocycles. The van der Waals surface area contributed by atoms with Gasteiger partial charge < -0.3 is 45.3 Å². The summed E-state index contributed by atoms with van der Waals surface area (Å²) in [5.41, 5.74) is 0.536. The molecule has 7 N–H and O–H groups in total. The van der Waals surface area contributed by atoms with Crippen molar-refractivity contribution in [2.24, 2.45) is 0 Å². The van der Waals surface area contributed by atoms with Crippen molar-refractivity contribution < 1.29 is 44.6 Å². The molecule has 1 aromatic carbocycles. The molecule has 0 bridgehead atoms. The van der Waals surface area contributed by atoms with Crippen LogP contribution in [0.15, 0.2) is 22.8 Å². The summed E-state index contributed by atoms with van der Waals surface area (Å²) in [5, 5.41) is 53.2. The predicted molar refractivity (Wildman–Crippen MR) is 114 cm³/mol. The van der Waals surface area contributed by atoms with Gasteiger partial charge in [0.05, 0.1) is 41.1 Å². The number of amides is 1. The van der Waals surface area contributed by atoms with Crippen molar-refractivity contribution in [2.75, 3.05) is 6.61 Å². The van der Waals surface area contributed by atoms with E-state index in [-0.39, 0.29) is 10.8 Å². The minimum absolute atomic E-state index is 0.00479. The number of aliphatic hydroxyl groups excluding tert-OH is 4. The Hall–Kier alpha value is -1.93. The highest BCUT2D eigenvalue weighted by molar-refractivity contribution is 9.10. The van der Waals surface area contributed by atoms with Gasteiger partial charge in [-0.3, -0.25) is 4.79 Å². The first kappa shape index (κ1) is 24.7. The Kier molecular flexibility index (Phi) is 7.34. The van der Waals surface area contributed by atoms with Gasteiger partial charge in [0.1, 0.15) is 18.3 Å². The van der Waals surface area contributed by atoms with E-state index in [0.29, 0.717) is 15.4 Å². The first-order chi connectivity index (χ1) is 15.0. The molecule has 0 unspecified atom stereocenters. The van der Waals surface area contributed by atoms with E-state index in [1.54, 1.807) is 12.1 Å². The first-order valence-electron chi connectivity index (χ1n) is 9.48. The van der Waals surface area contributed by atoms with E-state index in [0.717, 1.165) is 6.92 Å². The lowest BCUT2D eigenvalue weighted by atomic mass is 9.88. The van der Waals surface area contributed by atoms with Crippen LogP contribution in [0.1, 0.15) is 13.3 Å². The third kappa shape index (κ3) is 4.57. The summed E-state index contributed by atoms with van der Waals surface area (Å²) < 4.78 is 11.9. The van der Waals surface area contributed by atoms with E-state index in [9.17, 15) is 35.1 Å². The van der Waals surface area contributed by atoms with E-state index in [2.05, 4.69) is 26.2 Å². The van der Waals surface area contributed by atoms with Gasteiger partial charge in [0.15, 0.2) is 5.75 Å². The quantitative estimate of drug-likeness (QED) is 0.258. The lowest BCUT2D eigenvalue weighted by molar-refractivity contribution is -0.284. The van der Waals surface area contributed by atoms with Gasteiger partial charge in [-0.15, -0.1) is 0 Å². The van der Waals surface area contributed by atoms with Crippen molar-refractivity contribution in [3.63, 3.8) is 0 Å². The Morgan fingerprint density at radius 1 is 1.44 bits per heavy atom. The molecule has 2 aromatic rings. The Labute approximate surface area is 195 Å². The molecule has 176 valence electrons. The summed E-state index contributed by atoms with van der Waals surface area (Å²) in [4.78, 5) is 26.8. The second kappa shape index (κ2) is 9.51. The Bertz CT molecular complexity index is 1020. The standard InChI is InChI=1S/C19H22BrClN2O9/c1-7(25)23-15-10(26)4-19(18(29)30,32-17(15)16(28)11(27)6-24)31-12-5-22-9-3-2-8(20)14(21)13(9)12/h2-3,5,10-11,15-17,22,24,26-28H,4,6H2,1H3,(H,23,25)(H,29,30)/t10-,11+,15-,16-,17+,19-/m1/s1. The summed E-state index contributed by atoms with van der Waals surface area (Å²) >= 11 is 9.61. The number of aliphatic carboxylic acids is 1. The van der Waals surface area contributed by atoms with Crippen LogP contribution in [-0.2, 0) is 14.3 Å². The van der Waals surface area contributed by atoms with Gasteiger partial charge in [0, 0.05) is 17.6 Å². The fourth-order valence-electron chi connectivity index (χ4n) is 3.62. The average molecular weight is 538 g/mol.